The number of carbonyl (C=O) groups is 2. The van der Waals surface area contributed by atoms with Gasteiger partial charge in [0.15, 0.2) is 0 Å². The summed E-state index contributed by atoms with van der Waals surface area (Å²) in [5.41, 5.74) is 1.27. The first-order valence-corrected chi connectivity index (χ1v) is 12.5. The molecule has 43 heavy (non-hydrogen) atoms. The number of methoxy groups -OCH3 is 1. The monoisotopic (exact) mass is 604 g/mol. The number of hydrogen-bond acceptors (Lipinski definition) is 6. The minimum Gasteiger partial charge on any atom is -0.467 e. The highest BCUT2D eigenvalue weighted by atomic mass is 19.4. The summed E-state index contributed by atoms with van der Waals surface area (Å²) in [5.74, 6) is -1.48. The maximum Gasteiger partial charge on any atom is 0.573 e. The SMILES string of the molecule is COC(=O)C(Cc1ccc(-c2ccc(OC(F)(F)F)cc2)cc1)NC(=O)c1ccc(Oc2ccc(C(F)(F)F)cn2)cc1. The Morgan fingerprint density at radius 1 is 0.791 bits per heavy atom. The number of ether oxygens (including phenoxy) is 3. The van der Waals surface area contributed by atoms with E-state index in [2.05, 4.69) is 15.0 Å². The fraction of sp³-hybridized carbons (Fsp3) is 0.167. The number of pyridine rings is 1. The largest absolute Gasteiger partial charge is 0.573 e. The summed E-state index contributed by atoms with van der Waals surface area (Å²) in [6.07, 6.45) is -8.59. The highest BCUT2D eigenvalue weighted by molar-refractivity contribution is 5.97. The quantitative estimate of drug-likeness (QED) is 0.164. The third-order valence-corrected chi connectivity index (χ3v) is 6.01. The molecule has 1 heterocycles. The molecule has 0 bridgehead atoms. The van der Waals surface area contributed by atoms with Gasteiger partial charge < -0.3 is 19.5 Å². The third-order valence-electron chi connectivity index (χ3n) is 6.01. The number of hydrogen-bond donors (Lipinski definition) is 1. The normalized spacial score (nSPS) is 12.3. The summed E-state index contributed by atoms with van der Waals surface area (Å²) >= 11 is 0. The molecule has 0 aliphatic rings. The molecule has 0 aliphatic heterocycles. The van der Waals surface area contributed by atoms with Crippen molar-refractivity contribution < 1.29 is 50.1 Å². The van der Waals surface area contributed by atoms with Crippen LogP contribution in [0, 0.1) is 0 Å². The first kappa shape index (κ1) is 30.9. The van der Waals surface area contributed by atoms with Gasteiger partial charge in [-0.15, -0.1) is 13.2 Å². The molecule has 1 unspecified atom stereocenters. The van der Waals surface area contributed by atoms with Crippen LogP contribution in [-0.4, -0.2) is 36.4 Å². The summed E-state index contributed by atoms with van der Waals surface area (Å²) in [6, 6.07) is 18.7. The summed E-state index contributed by atoms with van der Waals surface area (Å²) in [6.45, 7) is 0. The Morgan fingerprint density at radius 3 is 1.88 bits per heavy atom. The van der Waals surface area contributed by atoms with E-state index in [1.165, 1.54) is 55.6 Å². The number of amides is 1. The molecule has 1 amide bonds. The number of esters is 1. The molecule has 224 valence electrons. The molecule has 7 nitrogen and oxygen atoms in total. The van der Waals surface area contributed by atoms with Crippen LogP contribution in [-0.2, 0) is 22.1 Å². The van der Waals surface area contributed by atoms with Gasteiger partial charge in [0.25, 0.3) is 5.91 Å². The maximum atomic E-state index is 12.9. The number of halogens is 6. The zero-order valence-electron chi connectivity index (χ0n) is 22.2. The Labute approximate surface area is 241 Å². The Morgan fingerprint density at radius 2 is 1.37 bits per heavy atom. The van der Waals surface area contributed by atoms with Crippen molar-refractivity contribution in [1.82, 2.24) is 10.3 Å². The molecular formula is C30H22F6N2O5. The number of aromatic nitrogens is 1. The lowest BCUT2D eigenvalue weighted by Crippen LogP contribution is -2.43. The molecule has 1 aromatic heterocycles. The molecule has 1 N–H and O–H groups in total. The maximum absolute atomic E-state index is 12.9. The number of nitrogens with zero attached hydrogens (tertiary/aromatic N) is 1. The van der Waals surface area contributed by atoms with E-state index >= 15 is 0 Å². The molecule has 3 aromatic carbocycles. The number of nitrogens with one attached hydrogen (secondary N) is 1. The number of benzene rings is 3. The van der Waals surface area contributed by atoms with Gasteiger partial charge in [-0.3, -0.25) is 4.79 Å². The van der Waals surface area contributed by atoms with E-state index < -0.39 is 36.0 Å². The zero-order chi connectivity index (χ0) is 31.2. The predicted octanol–water partition coefficient (Wildman–Crippen LogP) is 6.97. The first-order valence-electron chi connectivity index (χ1n) is 12.5. The van der Waals surface area contributed by atoms with E-state index in [0.717, 1.165) is 12.1 Å². The van der Waals surface area contributed by atoms with Crippen molar-refractivity contribution in [2.45, 2.75) is 25.0 Å². The molecule has 4 aromatic rings. The fourth-order valence-electron chi connectivity index (χ4n) is 3.90. The summed E-state index contributed by atoms with van der Waals surface area (Å²) < 4.78 is 89.4. The second kappa shape index (κ2) is 12.8. The van der Waals surface area contributed by atoms with Crippen LogP contribution in [0.4, 0.5) is 26.3 Å². The van der Waals surface area contributed by atoms with Crippen molar-refractivity contribution in [3.8, 4) is 28.5 Å². The second-order valence-corrected chi connectivity index (χ2v) is 9.03. The molecule has 4 rings (SSSR count). The topological polar surface area (TPSA) is 86.8 Å². The summed E-state index contributed by atoms with van der Waals surface area (Å²) in [4.78, 5) is 28.9. The molecule has 0 aliphatic carbocycles. The Kier molecular flexibility index (Phi) is 9.22. The van der Waals surface area contributed by atoms with Gasteiger partial charge in [-0.05, 0) is 59.2 Å². The van der Waals surface area contributed by atoms with Crippen LogP contribution in [0.1, 0.15) is 21.5 Å². The Hall–Kier alpha value is -5.07. The molecule has 1 atom stereocenters. The van der Waals surface area contributed by atoms with E-state index in [1.54, 1.807) is 24.3 Å². The van der Waals surface area contributed by atoms with Crippen LogP contribution in [0.2, 0.25) is 0 Å². The summed E-state index contributed by atoms with van der Waals surface area (Å²) in [5, 5.41) is 2.61. The average molecular weight is 605 g/mol. The van der Waals surface area contributed by atoms with Crippen LogP contribution >= 0.6 is 0 Å². The Balaban J connectivity index is 1.38. The second-order valence-electron chi connectivity index (χ2n) is 9.03. The van der Waals surface area contributed by atoms with Crippen LogP contribution in [0.15, 0.2) is 91.1 Å². The van der Waals surface area contributed by atoms with E-state index in [9.17, 15) is 35.9 Å². The van der Waals surface area contributed by atoms with E-state index in [4.69, 9.17) is 9.47 Å². The van der Waals surface area contributed by atoms with Crippen molar-refractivity contribution in [1.29, 1.82) is 0 Å². The van der Waals surface area contributed by atoms with Crippen molar-refractivity contribution in [2.24, 2.45) is 0 Å². The van der Waals surface area contributed by atoms with Crippen LogP contribution in [0.3, 0.4) is 0 Å². The van der Waals surface area contributed by atoms with Crippen molar-refractivity contribution >= 4 is 11.9 Å². The average Bonchev–Trinajstić information content (AvgIpc) is 2.96. The number of alkyl halides is 6. The first-order chi connectivity index (χ1) is 20.3. The lowest BCUT2D eigenvalue weighted by atomic mass is 10.0. The van der Waals surface area contributed by atoms with Gasteiger partial charge in [-0.25, -0.2) is 9.78 Å². The van der Waals surface area contributed by atoms with Gasteiger partial charge in [0, 0.05) is 24.2 Å². The molecule has 0 saturated carbocycles. The molecule has 0 saturated heterocycles. The van der Waals surface area contributed by atoms with Crippen molar-refractivity contribution in [3.05, 3.63) is 108 Å². The van der Waals surface area contributed by atoms with Gasteiger partial charge in [0.05, 0.1) is 12.7 Å². The minimum absolute atomic E-state index is 0.0746. The molecule has 0 radical (unpaired) electrons. The smallest absolute Gasteiger partial charge is 0.467 e. The lowest BCUT2D eigenvalue weighted by molar-refractivity contribution is -0.274. The van der Waals surface area contributed by atoms with Gasteiger partial charge in [-0.2, -0.15) is 13.2 Å². The highest BCUT2D eigenvalue weighted by Gasteiger charge is 2.31. The molecule has 0 fully saturated rings. The standard InChI is InChI=1S/C30H22F6N2O5/c1-41-28(40)25(16-18-2-4-19(5-3-18)20-6-13-24(14-7-20)43-30(34,35)36)38-27(39)21-8-11-23(12-9-21)42-26-15-10-22(17-37-26)29(31,32)33/h2-15,17,25H,16H2,1H3,(H,38,39). The predicted molar refractivity (Wildman–Crippen MR) is 141 cm³/mol. The van der Waals surface area contributed by atoms with Gasteiger partial charge >= 0.3 is 18.5 Å². The number of carbonyl (C=O) groups excluding carboxylic acids is 2. The van der Waals surface area contributed by atoms with E-state index in [-0.39, 0.29) is 29.4 Å². The van der Waals surface area contributed by atoms with Gasteiger partial charge in [0.2, 0.25) is 5.88 Å². The van der Waals surface area contributed by atoms with E-state index in [0.29, 0.717) is 22.9 Å². The van der Waals surface area contributed by atoms with Crippen molar-refractivity contribution in [2.75, 3.05) is 7.11 Å². The van der Waals surface area contributed by atoms with E-state index in [1.807, 2.05) is 0 Å². The van der Waals surface area contributed by atoms with Gasteiger partial charge in [0.1, 0.15) is 17.5 Å². The van der Waals surface area contributed by atoms with Crippen LogP contribution in [0.5, 0.6) is 17.4 Å². The number of rotatable bonds is 9. The molecule has 13 heteroatoms. The van der Waals surface area contributed by atoms with Gasteiger partial charge in [-0.1, -0.05) is 36.4 Å². The highest BCUT2D eigenvalue weighted by Crippen LogP contribution is 2.30. The van der Waals surface area contributed by atoms with Crippen molar-refractivity contribution in [3.63, 3.8) is 0 Å². The zero-order valence-corrected chi connectivity index (χ0v) is 22.2. The summed E-state index contributed by atoms with van der Waals surface area (Å²) in [7, 11) is 1.18. The Bertz CT molecular complexity index is 1540. The molecular weight excluding hydrogens is 582 g/mol. The lowest BCUT2D eigenvalue weighted by Gasteiger charge is -2.17. The van der Waals surface area contributed by atoms with Crippen LogP contribution in [0.25, 0.3) is 11.1 Å². The van der Waals surface area contributed by atoms with Crippen LogP contribution < -0.4 is 14.8 Å². The third kappa shape index (κ3) is 8.71. The molecule has 0 spiro atoms. The minimum atomic E-state index is -4.79. The fourth-order valence-corrected chi connectivity index (χ4v) is 3.90.